The van der Waals surface area contributed by atoms with Gasteiger partial charge in [0.1, 0.15) is 5.82 Å². The van der Waals surface area contributed by atoms with Crippen LogP contribution in [0.25, 0.3) is 0 Å². The van der Waals surface area contributed by atoms with E-state index in [9.17, 15) is 9.18 Å². The molecule has 1 aliphatic rings. The second-order valence-electron chi connectivity index (χ2n) is 4.76. The monoisotopic (exact) mass is 298 g/mol. The van der Waals surface area contributed by atoms with Gasteiger partial charge in [0.05, 0.1) is 4.47 Å². The van der Waals surface area contributed by atoms with Crippen molar-refractivity contribution < 1.29 is 9.18 Å². The minimum absolute atomic E-state index is 0.0725. The summed E-state index contributed by atoms with van der Waals surface area (Å²) in [4.78, 5) is 12.0. The van der Waals surface area contributed by atoms with Crippen LogP contribution in [0.1, 0.15) is 48.9 Å². The third-order valence-electron chi connectivity index (χ3n) is 3.44. The lowest BCUT2D eigenvalue weighted by molar-refractivity contribution is 0.0950. The molecular weight excluding hydrogens is 283 g/mol. The van der Waals surface area contributed by atoms with Crippen molar-refractivity contribution in [3.8, 4) is 0 Å². The Balaban J connectivity index is 2.01. The second kappa shape index (κ2) is 5.76. The molecule has 0 spiro atoms. The molecular formula is C14H16BrFO. The summed E-state index contributed by atoms with van der Waals surface area (Å²) in [5, 5.41) is 0. The maximum Gasteiger partial charge on any atom is 0.163 e. The van der Waals surface area contributed by atoms with Crippen LogP contribution in [0, 0.1) is 11.7 Å². The molecule has 17 heavy (non-hydrogen) atoms. The van der Waals surface area contributed by atoms with E-state index in [1.165, 1.54) is 25.3 Å². The summed E-state index contributed by atoms with van der Waals surface area (Å²) in [6.07, 6.45) is 6.60. The normalized spacial score (nSPS) is 17.1. The average Bonchev–Trinajstić information content (AvgIpc) is 2.34. The van der Waals surface area contributed by atoms with Crippen molar-refractivity contribution in [2.75, 3.05) is 0 Å². The molecule has 0 amide bonds. The van der Waals surface area contributed by atoms with Gasteiger partial charge in [0.15, 0.2) is 5.78 Å². The maximum atomic E-state index is 13.3. The number of hydrogen-bond donors (Lipinski definition) is 0. The number of carbonyl (C=O) groups excluding carboxylic acids is 1. The largest absolute Gasteiger partial charge is 0.294 e. The number of halogens is 2. The lowest BCUT2D eigenvalue weighted by Crippen LogP contribution is -2.12. The lowest BCUT2D eigenvalue weighted by atomic mass is 9.85. The van der Waals surface area contributed by atoms with Gasteiger partial charge < -0.3 is 0 Å². The molecule has 1 saturated carbocycles. The van der Waals surface area contributed by atoms with Gasteiger partial charge in [0.25, 0.3) is 0 Å². The number of hydrogen-bond acceptors (Lipinski definition) is 1. The minimum atomic E-state index is -0.362. The number of Topliss-reactive ketones (excluding diaryl/α,β-unsaturated/α-hetero) is 1. The molecule has 1 fully saturated rings. The maximum absolute atomic E-state index is 13.3. The van der Waals surface area contributed by atoms with E-state index in [0.717, 1.165) is 12.8 Å². The van der Waals surface area contributed by atoms with Crippen molar-refractivity contribution >= 4 is 21.7 Å². The Kier molecular flexibility index (Phi) is 4.32. The van der Waals surface area contributed by atoms with E-state index >= 15 is 0 Å². The van der Waals surface area contributed by atoms with Crippen molar-refractivity contribution in [2.45, 2.75) is 38.5 Å². The minimum Gasteiger partial charge on any atom is -0.294 e. The Bertz CT molecular complexity index is 411. The van der Waals surface area contributed by atoms with Gasteiger partial charge in [-0.05, 0) is 34.0 Å². The van der Waals surface area contributed by atoms with Crippen LogP contribution >= 0.6 is 15.9 Å². The number of ketones is 1. The van der Waals surface area contributed by atoms with Crippen LogP contribution in [0.15, 0.2) is 22.7 Å². The number of rotatable bonds is 3. The number of benzene rings is 1. The highest BCUT2D eigenvalue weighted by Gasteiger charge is 2.18. The zero-order chi connectivity index (χ0) is 12.3. The van der Waals surface area contributed by atoms with E-state index < -0.39 is 0 Å². The quantitative estimate of drug-likeness (QED) is 0.737. The van der Waals surface area contributed by atoms with Gasteiger partial charge in [0.2, 0.25) is 0 Å². The summed E-state index contributed by atoms with van der Waals surface area (Å²) in [5.74, 6) is 0.214. The molecule has 92 valence electrons. The van der Waals surface area contributed by atoms with Gasteiger partial charge in [-0.15, -0.1) is 0 Å². The SMILES string of the molecule is O=C(CC1CCCCC1)c1ccc(Br)c(F)c1. The van der Waals surface area contributed by atoms with Gasteiger partial charge in [0, 0.05) is 12.0 Å². The molecule has 0 bridgehead atoms. The zero-order valence-corrected chi connectivity index (χ0v) is 11.3. The summed E-state index contributed by atoms with van der Waals surface area (Å²) in [5.41, 5.74) is 0.497. The fourth-order valence-electron chi connectivity index (χ4n) is 2.44. The van der Waals surface area contributed by atoms with Gasteiger partial charge in [-0.25, -0.2) is 4.39 Å². The van der Waals surface area contributed by atoms with Crippen LogP contribution in [-0.2, 0) is 0 Å². The first kappa shape index (κ1) is 12.7. The van der Waals surface area contributed by atoms with Gasteiger partial charge in [-0.1, -0.05) is 38.2 Å². The van der Waals surface area contributed by atoms with Gasteiger partial charge in [-0.2, -0.15) is 0 Å². The Morgan fingerprint density at radius 3 is 2.65 bits per heavy atom. The average molecular weight is 299 g/mol. The molecule has 0 unspecified atom stereocenters. The molecule has 3 heteroatoms. The third kappa shape index (κ3) is 3.38. The Morgan fingerprint density at radius 2 is 2.00 bits per heavy atom. The standard InChI is InChI=1S/C14H16BrFO/c15-12-7-6-11(9-13(12)16)14(17)8-10-4-2-1-3-5-10/h6-7,9-10H,1-5,8H2. The van der Waals surface area contributed by atoms with E-state index in [4.69, 9.17) is 0 Å². The van der Waals surface area contributed by atoms with E-state index in [1.807, 2.05) is 0 Å². The molecule has 2 rings (SSSR count). The molecule has 0 aromatic heterocycles. The van der Waals surface area contributed by atoms with E-state index in [1.54, 1.807) is 12.1 Å². The van der Waals surface area contributed by atoms with Crippen LogP contribution < -0.4 is 0 Å². The van der Waals surface area contributed by atoms with Gasteiger partial charge >= 0.3 is 0 Å². The van der Waals surface area contributed by atoms with Crippen LogP contribution in [0.5, 0.6) is 0 Å². The molecule has 1 nitrogen and oxygen atoms in total. The summed E-state index contributed by atoms with van der Waals surface area (Å²) >= 11 is 3.09. The first-order valence-corrected chi connectivity index (χ1v) is 6.94. The predicted octanol–water partition coefficient (Wildman–Crippen LogP) is 4.74. The summed E-state index contributed by atoms with van der Waals surface area (Å²) in [6, 6.07) is 4.62. The van der Waals surface area contributed by atoms with Crippen molar-refractivity contribution in [3.05, 3.63) is 34.1 Å². The van der Waals surface area contributed by atoms with Crippen LogP contribution in [0.2, 0.25) is 0 Å². The summed E-state index contributed by atoms with van der Waals surface area (Å²) < 4.78 is 13.7. The van der Waals surface area contributed by atoms with Crippen LogP contribution in [-0.4, -0.2) is 5.78 Å². The molecule has 0 radical (unpaired) electrons. The predicted molar refractivity (Wildman–Crippen MR) is 69.6 cm³/mol. The smallest absolute Gasteiger partial charge is 0.163 e. The van der Waals surface area contributed by atoms with E-state index in [-0.39, 0.29) is 11.6 Å². The molecule has 1 aromatic carbocycles. The first-order chi connectivity index (χ1) is 8.16. The molecule has 0 atom stereocenters. The zero-order valence-electron chi connectivity index (χ0n) is 9.72. The second-order valence-corrected chi connectivity index (χ2v) is 5.61. The Labute approximate surface area is 110 Å². The molecule has 0 heterocycles. The fraction of sp³-hybridized carbons (Fsp3) is 0.500. The first-order valence-electron chi connectivity index (χ1n) is 6.15. The Morgan fingerprint density at radius 1 is 1.29 bits per heavy atom. The van der Waals surface area contributed by atoms with E-state index in [0.29, 0.717) is 22.4 Å². The topological polar surface area (TPSA) is 17.1 Å². The number of carbonyl (C=O) groups is 1. The van der Waals surface area contributed by atoms with Crippen LogP contribution in [0.4, 0.5) is 4.39 Å². The van der Waals surface area contributed by atoms with E-state index in [2.05, 4.69) is 15.9 Å². The fourth-order valence-corrected chi connectivity index (χ4v) is 2.69. The van der Waals surface area contributed by atoms with Crippen molar-refractivity contribution in [1.82, 2.24) is 0 Å². The van der Waals surface area contributed by atoms with Crippen LogP contribution in [0.3, 0.4) is 0 Å². The highest BCUT2D eigenvalue weighted by atomic mass is 79.9. The lowest BCUT2D eigenvalue weighted by Gasteiger charge is -2.20. The van der Waals surface area contributed by atoms with Crippen molar-refractivity contribution in [3.63, 3.8) is 0 Å². The Hall–Kier alpha value is -0.700. The molecule has 0 saturated heterocycles. The summed E-state index contributed by atoms with van der Waals surface area (Å²) in [6.45, 7) is 0. The highest BCUT2D eigenvalue weighted by Crippen LogP contribution is 2.28. The molecule has 1 aromatic rings. The highest BCUT2D eigenvalue weighted by molar-refractivity contribution is 9.10. The van der Waals surface area contributed by atoms with Crippen molar-refractivity contribution in [2.24, 2.45) is 5.92 Å². The van der Waals surface area contributed by atoms with Gasteiger partial charge in [-0.3, -0.25) is 4.79 Å². The third-order valence-corrected chi connectivity index (χ3v) is 4.08. The molecule has 0 aliphatic heterocycles. The molecule has 0 N–H and O–H groups in total. The molecule has 1 aliphatic carbocycles. The summed E-state index contributed by atoms with van der Waals surface area (Å²) in [7, 11) is 0. The van der Waals surface area contributed by atoms with Crippen molar-refractivity contribution in [1.29, 1.82) is 0 Å².